The van der Waals surface area contributed by atoms with Crippen molar-refractivity contribution >= 4 is 30.0 Å². The summed E-state index contributed by atoms with van der Waals surface area (Å²) in [7, 11) is 1.34. The Kier molecular flexibility index (Phi) is 22.5. The maximum atomic E-state index is 15.5. The molecule has 0 spiro atoms. The number of fused-ring (bicyclic) bond motifs is 2. The zero-order valence-corrected chi connectivity index (χ0v) is 47.7. The van der Waals surface area contributed by atoms with E-state index in [0.717, 1.165) is 62.7 Å². The fourth-order valence-corrected chi connectivity index (χ4v) is 9.25. The smallest absolute Gasteiger partial charge is 0.494 e. The van der Waals surface area contributed by atoms with E-state index < -0.39 is 100 Å². The highest BCUT2D eigenvalue weighted by molar-refractivity contribution is 6.00. The molecule has 2 bridgehead atoms. The minimum Gasteiger partial charge on any atom is -0.494 e. The first-order valence-electron chi connectivity index (χ1n) is 26.8. The minimum atomic E-state index is -3.55. The topological polar surface area (TPSA) is 207 Å². The SMILES string of the molecule is C=C(CC[C@@]12O[C@H](C(=O)OC(C)(C)C)[C@@](O)(C(=O)OC(C)(C)C)[C@@](C(=O)OC(C)(C)C)(O1)[C@H](OC(=O)OCCCCCCCCCCCOc1ccccc1)[C@H]2OC(C)(C)OC)C(OC(C)=O)C(C)Cc1ccccc1. The van der Waals surface area contributed by atoms with E-state index in [1.165, 1.54) is 69.4 Å². The van der Waals surface area contributed by atoms with Gasteiger partial charge in [-0.15, -0.1) is 0 Å². The van der Waals surface area contributed by atoms with Crippen LogP contribution in [0.2, 0.25) is 0 Å². The van der Waals surface area contributed by atoms with Crippen molar-refractivity contribution in [1.29, 1.82) is 0 Å². The van der Waals surface area contributed by atoms with Gasteiger partial charge >= 0.3 is 30.0 Å². The molecule has 2 aromatic rings. The van der Waals surface area contributed by atoms with Crippen LogP contribution in [0, 0.1) is 5.92 Å². The van der Waals surface area contributed by atoms with Crippen LogP contribution in [0.4, 0.5) is 4.79 Å². The van der Waals surface area contributed by atoms with Gasteiger partial charge in [-0.25, -0.2) is 19.2 Å². The van der Waals surface area contributed by atoms with Gasteiger partial charge in [0.15, 0.2) is 18.0 Å². The molecular formula is C59H88O17. The molecule has 76 heavy (non-hydrogen) atoms. The lowest BCUT2D eigenvalue weighted by Gasteiger charge is -2.51. The molecule has 0 aliphatic carbocycles. The second-order valence-corrected chi connectivity index (χ2v) is 23.4. The maximum Gasteiger partial charge on any atom is 0.508 e. The highest BCUT2D eigenvalue weighted by Gasteiger charge is 2.87. The van der Waals surface area contributed by atoms with Crippen LogP contribution in [-0.2, 0) is 73.0 Å². The van der Waals surface area contributed by atoms with Crippen LogP contribution in [0.15, 0.2) is 72.8 Å². The number of para-hydroxylation sites is 1. The molecule has 2 aliphatic heterocycles. The van der Waals surface area contributed by atoms with E-state index in [-0.39, 0.29) is 18.9 Å². The van der Waals surface area contributed by atoms with Crippen LogP contribution in [-0.4, -0.2) is 119 Å². The molecule has 0 saturated carbocycles. The van der Waals surface area contributed by atoms with Gasteiger partial charge < -0.3 is 57.2 Å². The normalized spacial score (nSPS) is 23.4. The van der Waals surface area contributed by atoms with Crippen LogP contribution in [0.25, 0.3) is 0 Å². The Morgan fingerprint density at radius 2 is 1.21 bits per heavy atom. The standard InChI is InChI=1S/C59H88O17/c1-40(45(69-42(3)60)41(2)39-43-31-25-23-26-32-43)35-36-57-46(71-56(13,14)66-15)47(70-52(64)68-38-30-22-20-18-16-17-19-21-29-37-67-44-33-27-24-28-34-44)59(76-57,51(63)75-55(10,11)12)58(65,50(62)74-54(7,8)9)48(72-57)49(61)73-53(4,5)6/h23-28,31-34,41,45-48,65H,1,16-22,29-30,35-39H2,2-15H3/t41?,45?,46-,47-,48-,57-,58-,59-/m1/s1. The highest BCUT2D eigenvalue weighted by atomic mass is 16.8. The summed E-state index contributed by atoms with van der Waals surface area (Å²) in [4.78, 5) is 72.2. The van der Waals surface area contributed by atoms with Crippen molar-refractivity contribution in [2.75, 3.05) is 20.3 Å². The zero-order valence-electron chi connectivity index (χ0n) is 47.7. The second-order valence-electron chi connectivity index (χ2n) is 23.4. The quantitative estimate of drug-likeness (QED) is 0.0276. The Morgan fingerprint density at radius 3 is 1.74 bits per heavy atom. The highest BCUT2D eigenvalue weighted by Crippen LogP contribution is 2.59. The third kappa shape index (κ3) is 17.7. The van der Waals surface area contributed by atoms with Gasteiger partial charge in [0.1, 0.15) is 28.7 Å². The lowest BCUT2D eigenvalue weighted by atomic mass is 9.74. The monoisotopic (exact) mass is 1070 g/mol. The van der Waals surface area contributed by atoms with E-state index >= 15 is 9.59 Å². The molecule has 1 N–H and O–H groups in total. The molecule has 17 nitrogen and oxygen atoms in total. The van der Waals surface area contributed by atoms with Gasteiger partial charge in [0, 0.05) is 26.4 Å². The molecule has 4 rings (SSSR count). The third-order valence-corrected chi connectivity index (χ3v) is 12.8. The largest absolute Gasteiger partial charge is 0.508 e. The van der Waals surface area contributed by atoms with Gasteiger partial charge in [0.25, 0.3) is 5.60 Å². The fourth-order valence-electron chi connectivity index (χ4n) is 9.25. The van der Waals surface area contributed by atoms with E-state index in [2.05, 4.69) is 6.58 Å². The Balaban J connectivity index is 1.74. The first-order chi connectivity index (χ1) is 35.4. The van der Waals surface area contributed by atoms with Crippen molar-refractivity contribution in [2.24, 2.45) is 5.92 Å². The number of unbranched alkanes of at least 4 members (excludes halogenated alkanes) is 8. The van der Waals surface area contributed by atoms with Gasteiger partial charge in [0.2, 0.25) is 17.5 Å². The number of carbonyl (C=O) groups is 5. The molecule has 2 unspecified atom stereocenters. The van der Waals surface area contributed by atoms with E-state index in [9.17, 15) is 19.5 Å². The number of hydrogen-bond donors (Lipinski definition) is 1. The summed E-state index contributed by atoms with van der Waals surface area (Å²) in [6.45, 7) is 24.9. The van der Waals surface area contributed by atoms with Crippen LogP contribution < -0.4 is 4.74 Å². The molecule has 2 aromatic carbocycles. The maximum absolute atomic E-state index is 15.5. The predicted molar refractivity (Wildman–Crippen MR) is 283 cm³/mol. The number of methoxy groups -OCH3 is 1. The number of rotatable bonds is 28. The van der Waals surface area contributed by atoms with Gasteiger partial charge in [-0.05, 0) is 125 Å². The second kappa shape index (κ2) is 27.0. The molecule has 0 amide bonds. The molecule has 2 aliphatic rings. The van der Waals surface area contributed by atoms with E-state index in [1.807, 2.05) is 67.6 Å². The van der Waals surface area contributed by atoms with Crippen molar-refractivity contribution in [3.05, 3.63) is 78.4 Å². The van der Waals surface area contributed by atoms with Crippen molar-refractivity contribution in [3.63, 3.8) is 0 Å². The minimum absolute atomic E-state index is 0.0978. The summed E-state index contributed by atoms with van der Waals surface area (Å²) in [6, 6.07) is 19.4. The number of esters is 4. The fraction of sp³-hybridized carbons (Fsp3) is 0.678. The van der Waals surface area contributed by atoms with Crippen LogP contribution in [0.1, 0.15) is 166 Å². The van der Waals surface area contributed by atoms with Crippen molar-refractivity contribution in [1.82, 2.24) is 0 Å². The molecule has 2 fully saturated rings. The van der Waals surface area contributed by atoms with E-state index in [1.54, 1.807) is 20.8 Å². The summed E-state index contributed by atoms with van der Waals surface area (Å²) >= 11 is 0. The number of ether oxygens (including phenoxy) is 11. The van der Waals surface area contributed by atoms with Crippen molar-refractivity contribution in [3.8, 4) is 5.75 Å². The molecule has 426 valence electrons. The van der Waals surface area contributed by atoms with Crippen LogP contribution in [0.5, 0.6) is 5.75 Å². The lowest BCUT2D eigenvalue weighted by Crippen LogP contribution is -2.79. The van der Waals surface area contributed by atoms with Crippen molar-refractivity contribution < 1.29 is 81.2 Å². The van der Waals surface area contributed by atoms with E-state index in [0.29, 0.717) is 25.0 Å². The van der Waals surface area contributed by atoms with Gasteiger partial charge in [-0.2, -0.15) is 0 Å². The van der Waals surface area contributed by atoms with Gasteiger partial charge in [-0.1, -0.05) is 107 Å². The molecule has 17 heteroatoms. The molecule has 0 radical (unpaired) electrons. The Bertz CT molecular complexity index is 2210. The van der Waals surface area contributed by atoms with Gasteiger partial charge in [-0.3, -0.25) is 4.79 Å². The zero-order chi connectivity index (χ0) is 56.8. The summed E-state index contributed by atoms with van der Waals surface area (Å²) in [6.07, 6.45) is -0.394. The predicted octanol–water partition coefficient (Wildman–Crippen LogP) is 10.6. The molecule has 8 atom stereocenters. The summed E-state index contributed by atoms with van der Waals surface area (Å²) in [5, 5.41) is 13.5. The molecule has 2 saturated heterocycles. The number of aliphatic hydroxyl groups is 1. The summed E-state index contributed by atoms with van der Waals surface area (Å²) in [5.41, 5.74) is -9.43. The average Bonchev–Trinajstić information content (AvgIpc) is 3.54. The van der Waals surface area contributed by atoms with Gasteiger partial charge in [0.05, 0.1) is 13.2 Å². The molecule has 0 aromatic heterocycles. The molecular weight excluding hydrogens is 981 g/mol. The Hall–Kier alpha value is -5.07. The van der Waals surface area contributed by atoms with Crippen LogP contribution >= 0.6 is 0 Å². The Labute approximate surface area is 451 Å². The number of hydrogen-bond acceptors (Lipinski definition) is 17. The first kappa shape index (κ1) is 63.5. The Morgan fingerprint density at radius 1 is 0.697 bits per heavy atom. The summed E-state index contributed by atoms with van der Waals surface area (Å²) in [5.74, 6) is -8.41. The van der Waals surface area contributed by atoms with E-state index in [4.69, 9.17) is 52.1 Å². The number of carbonyl (C=O) groups excluding carboxylic acids is 5. The number of benzene rings is 2. The third-order valence-electron chi connectivity index (χ3n) is 12.8. The average molecular weight is 1070 g/mol. The summed E-state index contributed by atoms with van der Waals surface area (Å²) < 4.78 is 67.1. The van der Waals surface area contributed by atoms with Crippen molar-refractivity contribution in [2.45, 2.75) is 231 Å². The molecule has 2 heterocycles. The lowest BCUT2D eigenvalue weighted by molar-refractivity contribution is -0.387. The first-order valence-corrected chi connectivity index (χ1v) is 26.8. The van der Waals surface area contributed by atoms with Crippen LogP contribution in [0.3, 0.4) is 0 Å².